The van der Waals surface area contributed by atoms with Crippen LogP contribution in [0.15, 0.2) is 67.0 Å². The largest absolute Gasteiger partial charge is 0.325 e. The zero-order valence-corrected chi connectivity index (χ0v) is 15.8. The smallest absolute Gasteiger partial charge is 0.244 e. The van der Waals surface area contributed by atoms with Gasteiger partial charge in [0, 0.05) is 23.7 Å². The van der Waals surface area contributed by atoms with Gasteiger partial charge in [0.1, 0.15) is 17.8 Å². The Morgan fingerprint density at radius 3 is 2.62 bits per heavy atom. The molecule has 2 aromatic heterocycles. The third-order valence-electron chi connectivity index (χ3n) is 4.85. The van der Waals surface area contributed by atoms with E-state index in [9.17, 15) is 4.79 Å². The van der Waals surface area contributed by atoms with Crippen molar-refractivity contribution in [3.05, 3.63) is 72.6 Å². The molecule has 0 saturated carbocycles. The molecular weight excluding hydrogens is 364 g/mol. The van der Waals surface area contributed by atoms with Crippen molar-refractivity contribution in [2.45, 2.75) is 6.92 Å². The van der Waals surface area contributed by atoms with Crippen LogP contribution in [0, 0.1) is 6.92 Å². The zero-order valence-electron chi connectivity index (χ0n) is 15.8. The van der Waals surface area contributed by atoms with E-state index in [4.69, 9.17) is 5.10 Å². The SMILES string of the molecule is Cc1ccc(-c2nn3c4c(nncc24)N(CC(=O)Nc2ccccc2)C=C3)cc1. The Morgan fingerprint density at radius 2 is 1.83 bits per heavy atom. The number of carbonyl (C=O) groups excluding carboxylic acids is 1. The van der Waals surface area contributed by atoms with Crippen molar-refractivity contribution in [1.82, 2.24) is 20.0 Å². The fraction of sp³-hybridized carbons (Fsp3) is 0.0909. The summed E-state index contributed by atoms with van der Waals surface area (Å²) < 4.78 is 1.79. The third-order valence-corrected chi connectivity index (χ3v) is 4.85. The number of anilines is 2. The third kappa shape index (κ3) is 3.12. The maximum atomic E-state index is 12.5. The van der Waals surface area contributed by atoms with E-state index in [1.165, 1.54) is 5.56 Å². The van der Waals surface area contributed by atoms with Gasteiger partial charge in [-0.05, 0) is 19.1 Å². The molecule has 5 rings (SSSR count). The monoisotopic (exact) mass is 382 g/mol. The summed E-state index contributed by atoms with van der Waals surface area (Å²) in [5, 5.41) is 17.0. The number of rotatable bonds is 4. The van der Waals surface area contributed by atoms with Gasteiger partial charge in [0.2, 0.25) is 5.91 Å². The Labute approximate surface area is 167 Å². The second kappa shape index (κ2) is 6.87. The first-order chi connectivity index (χ1) is 14.2. The van der Waals surface area contributed by atoms with Gasteiger partial charge in [0.25, 0.3) is 0 Å². The first-order valence-corrected chi connectivity index (χ1v) is 9.30. The van der Waals surface area contributed by atoms with Crippen molar-refractivity contribution in [3.63, 3.8) is 0 Å². The van der Waals surface area contributed by atoms with Gasteiger partial charge in [-0.3, -0.25) is 4.79 Å². The highest BCUT2D eigenvalue weighted by Crippen LogP contribution is 2.34. The van der Waals surface area contributed by atoms with Gasteiger partial charge in [0.05, 0.1) is 11.6 Å². The number of hydrogen-bond donors (Lipinski definition) is 1. The second-order valence-electron chi connectivity index (χ2n) is 6.93. The molecule has 4 aromatic rings. The molecule has 0 bridgehead atoms. The lowest BCUT2D eigenvalue weighted by Gasteiger charge is -2.22. The molecule has 7 heteroatoms. The minimum atomic E-state index is -0.133. The van der Waals surface area contributed by atoms with E-state index in [1.54, 1.807) is 22.0 Å². The van der Waals surface area contributed by atoms with Crippen molar-refractivity contribution in [3.8, 4) is 11.3 Å². The second-order valence-corrected chi connectivity index (χ2v) is 6.93. The van der Waals surface area contributed by atoms with Crippen molar-refractivity contribution in [1.29, 1.82) is 0 Å². The van der Waals surface area contributed by atoms with Gasteiger partial charge in [-0.25, -0.2) is 4.68 Å². The molecule has 1 N–H and O–H groups in total. The van der Waals surface area contributed by atoms with Crippen LogP contribution in [0.3, 0.4) is 0 Å². The average Bonchev–Trinajstić information content (AvgIpc) is 3.12. The number of hydrogen-bond acceptors (Lipinski definition) is 5. The lowest BCUT2D eigenvalue weighted by molar-refractivity contribution is -0.114. The summed E-state index contributed by atoms with van der Waals surface area (Å²) in [4.78, 5) is 14.3. The summed E-state index contributed by atoms with van der Waals surface area (Å²) in [5.74, 6) is 0.477. The van der Waals surface area contributed by atoms with Crippen LogP contribution in [0.1, 0.15) is 5.56 Å². The van der Waals surface area contributed by atoms with Gasteiger partial charge in [-0.2, -0.15) is 10.2 Å². The van der Waals surface area contributed by atoms with Crippen LogP contribution in [0.2, 0.25) is 0 Å². The predicted octanol–water partition coefficient (Wildman–Crippen LogP) is 3.69. The number of nitrogens with one attached hydrogen (secondary N) is 1. The normalized spacial score (nSPS) is 12.4. The molecule has 1 aliphatic rings. The van der Waals surface area contributed by atoms with Gasteiger partial charge in [-0.15, -0.1) is 5.10 Å². The van der Waals surface area contributed by atoms with Crippen LogP contribution < -0.4 is 10.2 Å². The van der Waals surface area contributed by atoms with Gasteiger partial charge < -0.3 is 10.2 Å². The summed E-state index contributed by atoms with van der Waals surface area (Å²) in [5.41, 5.74) is 4.65. The van der Waals surface area contributed by atoms with E-state index in [-0.39, 0.29) is 12.5 Å². The number of carbonyl (C=O) groups is 1. The molecule has 0 saturated heterocycles. The molecule has 2 aromatic carbocycles. The molecule has 1 amide bonds. The molecular formula is C22H18N6O. The molecule has 3 heterocycles. The van der Waals surface area contributed by atoms with Crippen LogP contribution in [0.4, 0.5) is 11.5 Å². The molecule has 0 fully saturated rings. The Balaban J connectivity index is 1.48. The van der Waals surface area contributed by atoms with Gasteiger partial charge in [-0.1, -0.05) is 48.0 Å². The molecule has 0 radical (unpaired) electrons. The fourth-order valence-corrected chi connectivity index (χ4v) is 3.43. The molecule has 0 unspecified atom stereocenters. The topological polar surface area (TPSA) is 75.9 Å². The molecule has 142 valence electrons. The van der Waals surface area contributed by atoms with E-state index in [0.717, 1.165) is 27.8 Å². The lowest BCUT2D eigenvalue weighted by Crippen LogP contribution is -2.31. The summed E-state index contributed by atoms with van der Waals surface area (Å²) >= 11 is 0. The Kier molecular flexibility index (Phi) is 4.05. The summed E-state index contributed by atoms with van der Waals surface area (Å²) in [6, 6.07) is 17.6. The Morgan fingerprint density at radius 1 is 1.03 bits per heavy atom. The maximum Gasteiger partial charge on any atom is 0.244 e. The van der Waals surface area contributed by atoms with Crippen LogP contribution in [-0.4, -0.2) is 32.4 Å². The van der Waals surface area contributed by atoms with E-state index < -0.39 is 0 Å². The minimum absolute atomic E-state index is 0.129. The van der Waals surface area contributed by atoms with Crippen LogP contribution in [-0.2, 0) is 4.79 Å². The van der Waals surface area contributed by atoms with Crippen LogP contribution in [0.5, 0.6) is 0 Å². The minimum Gasteiger partial charge on any atom is -0.325 e. The van der Waals surface area contributed by atoms with E-state index >= 15 is 0 Å². The number of aryl methyl sites for hydroxylation is 1. The van der Waals surface area contributed by atoms with E-state index in [1.807, 2.05) is 48.7 Å². The van der Waals surface area contributed by atoms with Crippen molar-refractivity contribution in [2.24, 2.45) is 0 Å². The molecule has 1 aliphatic heterocycles. The zero-order chi connectivity index (χ0) is 19.8. The van der Waals surface area contributed by atoms with Gasteiger partial charge in [0.15, 0.2) is 5.82 Å². The van der Waals surface area contributed by atoms with Crippen molar-refractivity contribution in [2.75, 3.05) is 16.8 Å². The summed E-state index contributed by atoms with van der Waals surface area (Å²) in [6.45, 7) is 2.18. The first-order valence-electron chi connectivity index (χ1n) is 9.30. The van der Waals surface area contributed by atoms with E-state index in [2.05, 4.69) is 34.6 Å². The highest BCUT2D eigenvalue weighted by molar-refractivity contribution is 6.02. The molecule has 29 heavy (non-hydrogen) atoms. The predicted molar refractivity (Wildman–Crippen MR) is 113 cm³/mol. The number of benzene rings is 2. The number of aromatic nitrogens is 4. The molecule has 0 spiro atoms. The van der Waals surface area contributed by atoms with Crippen molar-refractivity contribution < 1.29 is 4.79 Å². The van der Waals surface area contributed by atoms with Crippen LogP contribution >= 0.6 is 0 Å². The summed E-state index contributed by atoms with van der Waals surface area (Å²) in [6.07, 6.45) is 5.36. The average molecular weight is 382 g/mol. The molecule has 0 atom stereocenters. The standard InChI is InChI=1S/C22H18N6O/c1-15-7-9-16(10-8-15)20-18-13-23-25-22-21(18)28(26-20)12-11-27(22)14-19(29)24-17-5-3-2-4-6-17/h2-13H,14H2,1H3,(H,24,29). The number of amides is 1. The highest BCUT2D eigenvalue weighted by atomic mass is 16.2. The van der Waals surface area contributed by atoms with Crippen molar-refractivity contribution >= 4 is 34.5 Å². The van der Waals surface area contributed by atoms with E-state index in [0.29, 0.717) is 5.82 Å². The van der Waals surface area contributed by atoms with Crippen LogP contribution in [0.25, 0.3) is 28.4 Å². The highest BCUT2D eigenvalue weighted by Gasteiger charge is 2.23. The first kappa shape index (κ1) is 17.1. The quantitative estimate of drug-likeness (QED) is 0.583. The lowest BCUT2D eigenvalue weighted by atomic mass is 10.1. The fourth-order valence-electron chi connectivity index (χ4n) is 3.43. The Hall–Kier alpha value is -4.00. The molecule has 0 aliphatic carbocycles. The Bertz CT molecular complexity index is 1230. The summed E-state index contributed by atoms with van der Waals surface area (Å²) in [7, 11) is 0. The number of para-hydroxylation sites is 1. The number of nitrogens with zero attached hydrogens (tertiary/aromatic N) is 5. The van der Waals surface area contributed by atoms with Gasteiger partial charge >= 0.3 is 0 Å². The molecule has 7 nitrogen and oxygen atoms in total. The maximum absolute atomic E-state index is 12.5.